The third-order valence-corrected chi connectivity index (χ3v) is 11.5. The third-order valence-electron chi connectivity index (χ3n) is 11.5. The molecule has 0 amide bonds. The van der Waals surface area contributed by atoms with E-state index in [1.807, 2.05) is 18.3 Å². The molecule has 0 N–H and O–H groups in total. The number of aromatic nitrogens is 1. The van der Waals surface area contributed by atoms with E-state index in [1.165, 1.54) is 33.2 Å². The fraction of sp³-hybridized carbons (Fsp3) is 0.273. The second-order valence-electron chi connectivity index (χ2n) is 15.0. The Labute approximate surface area is 287 Å². The Kier molecular flexibility index (Phi) is 4.89. The minimum Gasteiger partial charge on any atom is -0.457 e. The van der Waals surface area contributed by atoms with Crippen LogP contribution in [0.1, 0.15) is 96.8 Å². The maximum atomic E-state index is 8.79. The first-order valence-corrected chi connectivity index (χ1v) is 17.4. The first kappa shape index (κ1) is 25.1. The molecule has 2 atom stereocenters. The van der Waals surface area contributed by atoms with E-state index < -0.39 is 18.6 Å². The van der Waals surface area contributed by atoms with Crippen molar-refractivity contribution in [3.05, 3.63) is 131 Å². The number of para-hydroxylation sites is 1. The van der Waals surface area contributed by atoms with E-state index in [2.05, 4.69) is 124 Å². The monoisotopic (exact) mass is 630 g/mol. The molecule has 48 heavy (non-hydrogen) atoms. The molecule has 0 bridgehead atoms. The van der Waals surface area contributed by atoms with Gasteiger partial charge in [0.15, 0.2) is 0 Å². The van der Waals surface area contributed by atoms with Crippen molar-refractivity contribution in [1.82, 2.24) is 9.47 Å². The molecule has 0 saturated heterocycles. The van der Waals surface area contributed by atoms with Crippen molar-refractivity contribution in [3.63, 3.8) is 0 Å². The van der Waals surface area contributed by atoms with Gasteiger partial charge in [0.25, 0.3) is 0 Å². The van der Waals surface area contributed by atoms with Crippen LogP contribution in [-0.2, 0) is 5.41 Å². The van der Waals surface area contributed by atoms with Crippen LogP contribution < -0.4 is 9.64 Å². The summed E-state index contributed by atoms with van der Waals surface area (Å²) in [5.41, 5.74) is 13.2. The largest absolute Gasteiger partial charge is 0.457 e. The van der Waals surface area contributed by atoms with Crippen molar-refractivity contribution in [2.24, 2.45) is 0 Å². The number of benzene rings is 5. The van der Waals surface area contributed by atoms with Crippen molar-refractivity contribution in [2.75, 3.05) is 11.9 Å². The van der Waals surface area contributed by atoms with Gasteiger partial charge in [0.2, 0.25) is 0 Å². The molecule has 2 unspecified atom stereocenters. The molecule has 10 rings (SSSR count). The number of ether oxygens (including phenoxy) is 1. The predicted molar refractivity (Wildman–Crippen MR) is 198 cm³/mol. The summed E-state index contributed by atoms with van der Waals surface area (Å²) in [6.07, 6.45) is 3.15. The van der Waals surface area contributed by atoms with Crippen LogP contribution in [0, 0.1) is 0 Å². The van der Waals surface area contributed by atoms with Crippen LogP contribution in [0.15, 0.2) is 97.3 Å². The van der Waals surface area contributed by atoms with Gasteiger partial charge in [0, 0.05) is 45.4 Å². The standard InChI is InChI=1S/C44H41N3O/c1-24(2)28-21-31(25(3)4)39(32(22-28)26(5)6)27-15-17-33-36(23-27)47-34-12-9-8-11-29(34)30-16-18-38-41(42(30)47)44(33)40-35(13-10-14-37(40)48-38)46-20-19-45(7)43(44)46/h8-26,43H,1-7H3/i7D3. The molecule has 6 aromatic rings. The molecule has 1 aromatic heterocycles. The molecule has 4 aliphatic heterocycles. The summed E-state index contributed by atoms with van der Waals surface area (Å²) >= 11 is 0. The Morgan fingerprint density at radius 1 is 0.708 bits per heavy atom. The van der Waals surface area contributed by atoms with Gasteiger partial charge in [-0.3, -0.25) is 0 Å². The molecule has 5 heterocycles. The van der Waals surface area contributed by atoms with E-state index in [0.29, 0.717) is 17.8 Å². The number of likely N-dealkylation sites (N-methyl/N-ethyl adjacent to an activating group) is 1. The normalized spacial score (nSPS) is 20.8. The first-order chi connectivity index (χ1) is 24.4. The number of nitrogens with zero attached hydrogens (tertiary/aromatic N) is 3. The van der Waals surface area contributed by atoms with Crippen molar-refractivity contribution < 1.29 is 8.85 Å². The van der Waals surface area contributed by atoms with Crippen LogP contribution in [0.5, 0.6) is 11.5 Å². The Morgan fingerprint density at radius 2 is 1.48 bits per heavy atom. The van der Waals surface area contributed by atoms with Crippen molar-refractivity contribution in [3.8, 4) is 28.3 Å². The molecule has 0 radical (unpaired) electrons. The minimum absolute atomic E-state index is 0.332. The van der Waals surface area contributed by atoms with Crippen LogP contribution in [0.25, 0.3) is 38.6 Å². The fourth-order valence-electron chi connectivity index (χ4n) is 9.45. The zero-order chi connectivity index (χ0) is 35.3. The van der Waals surface area contributed by atoms with Gasteiger partial charge in [0.05, 0.1) is 27.8 Å². The van der Waals surface area contributed by atoms with E-state index in [9.17, 15) is 0 Å². The van der Waals surface area contributed by atoms with E-state index >= 15 is 0 Å². The molecular weight excluding hydrogens is 587 g/mol. The Bertz CT molecular complexity index is 2490. The summed E-state index contributed by atoms with van der Waals surface area (Å²) in [5.74, 6) is 2.65. The molecule has 4 aliphatic rings. The van der Waals surface area contributed by atoms with E-state index in [-0.39, 0.29) is 0 Å². The van der Waals surface area contributed by atoms with Crippen molar-refractivity contribution in [2.45, 2.75) is 70.9 Å². The lowest BCUT2D eigenvalue weighted by molar-refractivity contribution is 0.276. The maximum Gasteiger partial charge on any atom is 0.134 e. The van der Waals surface area contributed by atoms with Gasteiger partial charge in [-0.15, -0.1) is 0 Å². The molecule has 4 nitrogen and oxygen atoms in total. The lowest BCUT2D eigenvalue weighted by Gasteiger charge is -2.47. The van der Waals surface area contributed by atoms with Crippen LogP contribution in [0.2, 0.25) is 0 Å². The number of hydrogen-bond acceptors (Lipinski definition) is 3. The first-order valence-electron chi connectivity index (χ1n) is 18.9. The number of rotatable bonds is 4. The SMILES string of the molecule is [2H]C([2H])([2H])N1C=CN2c3cccc4c3C3(c5ccc(-c6c(C(C)C)cc(C(C)C)cc6C(C)C)cc5-n5c6ccccc6c6ccc(c3c65)O4)C21. The molecule has 238 valence electrons. The fourth-order valence-corrected chi connectivity index (χ4v) is 9.45. The van der Waals surface area contributed by atoms with Gasteiger partial charge in [-0.2, -0.15) is 0 Å². The molecule has 0 saturated carbocycles. The lowest BCUT2D eigenvalue weighted by Crippen LogP contribution is -2.52. The highest BCUT2D eigenvalue weighted by molar-refractivity contribution is 6.13. The Morgan fingerprint density at radius 3 is 2.23 bits per heavy atom. The van der Waals surface area contributed by atoms with E-state index in [1.54, 1.807) is 11.1 Å². The molecule has 4 heteroatoms. The highest BCUT2D eigenvalue weighted by Crippen LogP contribution is 2.67. The number of fused-ring (bicyclic) bond motifs is 7. The second-order valence-corrected chi connectivity index (χ2v) is 15.0. The summed E-state index contributed by atoms with van der Waals surface area (Å²) in [5, 5.41) is 2.31. The maximum absolute atomic E-state index is 8.79. The molecule has 0 aliphatic carbocycles. The van der Waals surface area contributed by atoms with Crippen LogP contribution >= 0.6 is 0 Å². The molecule has 5 aromatic carbocycles. The van der Waals surface area contributed by atoms with Gasteiger partial charge < -0.3 is 19.1 Å². The van der Waals surface area contributed by atoms with Gasteiger partial charge in [0.1, 0.15) is 17.7 Å². The van der Waals surface area contributed by atoms with E-state index in [0.717, 1.165) is 56.0 Å². The van der Waals surface area contributed by atoms with Gasteiger partial charge in [-0.25, -0.2) is 0 Å². The second kappa shape index (κ2) is 9.35. The predicted octanol–water partition coefficient (Wildman–Crippen LogP) is 11.1. The molecular formula is C44H41N3O. The Hall–Kier alpha value is -4.96. The molecule has 1 spiro atoms. The Balaban J connectivity index is 1.38. The number of hydrogen-bond donors (Lipinski definition) is 0. The topological polar surface area (TPSA) is 20.6 Å². The summed E-state index contributed by atoms with van der Waals surface area (Å²) < 4.78 is 35.6. The highest BCUT2D eigenvalue weighted by Gasteiger charge is 2.63. The third kappa shape index (κ3) is 3.22. The lowest BCUT2D eigenvalue weighted by atomic mass is 9.64. The summed E-state index contributed by atoms with van der Waals surface area (Å²) in [6.45, 7) is 11.4. The quantitative estimate of drug-likeness (QED) is 0.193. The van der Waals surface area contributed by atoms with Crippen LogP contribution in [0.4, 0.5) is 5.69 Å². The number of anilines is 1. The summed E-state index contributed by atoms with van der Waals surface area (Å²) in [6, 6.07) is 30.9. The van der Waals surface area contributed by atoms with Crippen LogP contribution in [-0.4, -0.2) is 22.6 Å². The smallest absolute Gasteiger partial charge is 0.134 e. The van der Waals surface area contributed by atoms with Crippen molar-refractivity contribution >= 4 is 27.5 Å². The summed E-state index contributed by atoms with van der Waals surface area (Å²) in [4.78, 5) is 3.76. The zero-order valence-electron chi connectivity index (χ0n) is 31.3. The molecule has 0 fully saturated rings. The van der Waals surface area contributed by atoms with E-state index in [4.69, 9.17) is 8.85 Å². The van der Waals surface area contributed by atoms with Gasteiger partial charge in [-0.05, 0) is 87.5 Å². The van der Waals surface area contributed by atoms with Crippen LogP contribution in [0.3, 0.4) is 0 Å². The average molecular weight is 631 g/mol. The highest BCUT2D eigenvalue weighted by atomic mass is 16.5. The van der Waals surface area contributed by atoms with Gasteiger partial charge >= 0.3 is 0 Å². The van der Waals surface area contributed by atoms with Gasteiger partial charge in [-0.1, -0.05) is 90.1 Å². The minimum atomic E-state index is -2.36. The summed E-state index contributed by atoms with van der Waals surface area (Å²) in [7, 11) is 0. The van der Waals surface area contributed by atoms with Crippen molar-refractivity contribution in [1.29, 1.82) is 0 Å². The average Bonchev–Trinajstić information content (AvgIpc) is 3.78. The zero-order valence-corrected chi connectivity index (χ0v) is 28.3.